The van der Waals surface area contributed by atoms with E-state index in [0.717, 1.165) is 0 Å². The highest BCUT2D eigenvalue weighted by atomic mass is 31.1. The van der Waals surface area contributed by atoms with Crippen molar-refractivity contribution in [3.63, 3.8) is 0 Å². The van der Waals surface area contributed by atoms with Gasteiger partial charge >= 0.3 is 0 Å². The van der Waals surface area contributed by atoms with Gasteiger partial charge in [-0.3, -0.25) is 0 Å². The van der Waals surface area contributed by atoms with Crippen molar-refractivity contribution in [3.05, 3.63) is 0 Å². The van der Waals surface area contributed by atoms with Gasteiger partial charge in [0.1, 0.15) is 0 Å². The zero-order chi connectivity index (χ0) is 21.3. The molecule has 0 rings (SSSR count). The van der Waals surface area contributed by atoms with Crippen molar-refractivity contribution in [3.8, 4) is 0 Å². The van der Waals surface area contributed by atoms with Crippen molar-refractivity contribution in [1.29, 1.82) is 0 Å². The molecule has 1 heteroatoms. The normalized spacial score (nSPS) is 11.6. The smallest absolute Gasteiger partial charge is 0.0326 e. The van der Waals surface area contributed by atoms with E-state index in [1.807, 2.05) is 0 Å². The molecule has 0 radical (unpaired) electrons. The molecule has 0 saturated carbocycles. The molecule has 0 heterocycles. The summed E-state index contributed by atoms with van der Waals surface area (Å²) in [5.41, 5.74) is 0. The second-order valence-electron chi connectivity index (χ2n) is 9.56. The monoisotopic (exact) mass is 426 g/mol. The lowest BCUT2D eigenvalue weighted by Crippen LogP contribution is -1.97. The standard InChI is InChI=1S/C28H59P/c1-4-7-10-13-16-19-22-25-28-29(26-23-20-17-14-11-8-5-2)27-24-21-18-15-12-9-6-3/h4-28H2,1-3H3. The summed E-state index contributed by atoms with van der Waals surface area (Å²) in [7, 11) is 0.354. The van der Waals surface area contributed by atoms with Gasteiger partial charge in [0.15, 0.2) is 0 Å². The van der Waals surface area contributed by atoms with Crippen LogP contribution in [0.3, 0.4) is 0 Å². The van der Waals surface area contributed by atoms with Crippen LogP contribution in [-0.2, 0) is 0 Å². The summed E-state index contributed by atoms with van der Waals surface area (Å²) in [5, 5.41) is 0. The highest BCUT2D eigenvalue weighted by molar-refractivity contribution is 7.57. The lowest BCUT2D eigenvalue weighted by atomic mass is 10.1. The van der Waals surface area contributed by atoms with Gasteiger partial charge < -0.3 is 0 Å². The molecule has 0 bridgehead atoms. The summed E-state index contributed by atoms with van der Waals surface area (Å²) in [6, 6.07) is 0. The van der Waals surface area contributed by atoms with Crippen molar-refractivity contribution in [2.24, 2.45) is 0 Å². The molecule has 0 fully saturated rings. The molecule has 29 heavy (non-hydrogen) atoms. The Bertz CT molecular complexity index is 257. The molecule has 0 N–H and O–H groups in total. The molecule has 0 aliphatic heterocycles. The van der Waals surface area contributed by atoms with Gasteiger partial charge in [0.2, 0.25) is 0 Å². The minimum atomic E-state index is 0.354. The first-order valence-electron chi connectivity index (χ1n) is 14.1. The minimum absolute atomic E-state index is 0.354. The first-order valence-corrected chi connectivity index (χ1v) is 16.0. The van der Waals surface area contributed by atoms with Gasteiger partial charge in [0.05, 0.1) is 0 Å². The molecular formula is C28H59P. The number of hydrogen-bond donors (Lipinski definition) is 0. The topological polar surface area (TPSA) is 0 Å². The van der Waals surface area contributed by atoms with Crippen molar-refractivity contribution in [2.45, 2.75) is 162 Å². The molecule has 0 aromatic heterocycles. The number of unbranched alkanes of at least 4 members (excludes halogenated alkanes) is 19. The van der Waals surface area contributed by atoms with Crippen LogP contribution in [0.5, 0.6) is 0 Å². The fourth-order valence-corrected chi connectivity index (χ4v) is 7.07. The van der Waals surface area contributed by atoms with Gasteiger partial charge in [-0.1, -0.05) is 143 Å². The SMILES string of the molecule is CCCCCCCCCCP(CCCCCCCCC)CCCCCCCCC. The first-order chi connectivity index (χ1) is 14.3. The predicted molar refractivity (Wildman–Crippen MR) is 140 cm³/mol. The van der Waals surface area contributed by atoms with Crippen LogP contribution in [0.2, 0.25) is 0 Å². The van der Waals surface area contributed by atoms with E-state index in [1.54, 1.807) is 18.5 Å². The van der Waals surface area contributed by atoms with E-state index < -0.39 is 0 Å². The molecule has 0 nitrogen and oxygen atoms in total. The molecule has 0 aromatic carbocycles. The number of hydrogen-bond acceptors (Lipinski definition) is 0. The highest BCUT2D eigenvalue weighted by Crippen LogP contribution is 2.39. The maximum absolute atomic E-state index is 2.32. The molecule has 0 unspecified atom stereocenters. The van der Waals surface area contributed by atoms with Gasteiger partial charge in [-0.15, -0.1) is 7.92 Å². The quantitative estimate of drug-likeness (QED) is 0.100. The molecule has 0 atom stereocenters. The minimum Gasteiger partial charge on any atom is -0.107 e. The third-order valence-electron chi connectivity index (χ3n) is 6.48. The number of rotatable bonds is 25. The fraction of sp³-hybridized carbons (Fsp3) is 1.00. The van der Waals surface area contributed by atoms with Crippen LogP contribution < -0.4 is 0 Å². The van der Waals surface area contributed by atoms with Crippen LogP contribution in [0.15, 0.2) is 0 Å². The zero-order valence-corrected chi connectivity index (χ0v) is 22.0. The van der Waals surface area contributed by atoms with E-state index in [-0.39, 0.29) is 0 Å². The molecule has 0 saturated heterocycles. The summed E-state index contributed by atoms with van der Waals surface area (Å²) < 4.78 is 0. The van der Waals surface area contributed by atoms with E-state index in [1.165, 1.54) is 141 Å². The van der Waals surface area contributed by atoms with Crippen molar-refractivity contribution >= 4 is 7.92 Å². The van der Waals surface area contributed by atoms with Crippen LogP contribution in [0, 0.1) is 0 Å². The molecule has 0 aromatic rings. The van der Waals surface area contributed by atoms with Gasteiger partial charge in [-0.25, -0.2) is 0 Å². The third kappa shape index (κ3) is 24.6. The van der Waals surface area contributed by atoms with E-state index in [0.29, 0.717) is 7.92 Å². The average Bonchev–Trinajstić information content (AvgIpc) is 2.73. The van der Waals surface area contributed by atoms with Crippen LogP contribution in [0.25, 0.3) is 0 Å². The lowest BCUT2D eigenvalue weighted by molar-refractivity contribution is 0.585. The second-order valence-corrected chi connectivity index (χ2v) is 12.2. The van der Waals surface area contributed by atoms with Crippen molar-refractivity contribution in [1.82, 2.24) is 0 Å². The summed E-state index contributed by atoms with van der Waals surface area (Å²) in [6.45, 7) is 6.96. The molecule has 176 valence electrons. The Morgan fingerprint density at radius 2 is 0.483 bits per heavy atom. The Morgan fingerprint density at radius 3 is 0.724 bits per heavy atom. The second kappa shape index (κ2) is 26.5. The predicted octanol–water partition coefficient (Wildman–Crippen LogP) is 11.1. The van der Waals surface area contributed by atoms with Crippen LogP contribution in [0.1, 0.15) is 162 Å². The van der Waals surface area contributed by atoms with Crippen LogP contribution in [-0.4, -0.2) is 18.5 Å². The average molecular weight is 427 g/mol. The third-order valence-corrected chi connectivity index (χ3v) is 9.33. The van der Waals surface area contributed by atoms with E-state index in [4.69, 9.17) is 0 Å². The molecule has 0 spiro atoms. The maximum Gasteiger partial charge on any atom is -0.0326 e. The van der Waals surface area contributed by atoms with Gasteiger partial charge in [0, 0.05) is 0 Å². The van der Waals surface area contributed by atoms with Gasteiger partial charge in [0.25, 0.3) is 0 Å². The Morgan fingerprint density at radius 1 is 0.276 bits per heavy atom. The van der Waals surface area contributed by atoms with E-state index >= 15 is 0 Å². The molecule has 0 aliphatic carbocycles. The van der Waals surface area contributed by atoms with Crippen LogP contribution in [0.4, 0.5) is 0 Å². The molecule has 0 amide bonds. The first kappa shape index (κ1) is 29.4. The molecular weight excluding hydrogens is 367 g/mol. The fourth-order valence-electron chi connectivity index (χ4n) is 4.39. The van der Waals surface area contributed by atoms with E-state index in [2.05, 4.69) is 20.8 Å². The zero-order valence-electron chi connectivity index (χ0n) is 21.1. The van der Waals surface area contributed by atoms with Crippen molar-refractivity contribution in [2.75, 3.05) is 18.5 Å². The van der Waals surface area contributed by atoms with E-state index in [9.17, 15) is 0 Å². The summed E-state index contributed by atoms with van der Waals surface area (Å²) >= 11 is 0. The van der Waals surface area contributed by atoms with Crippen LogP contribution >= 0.6 is 7.92 Å². The van der Waals surface area contributed by atoms with Gasteiger partial charge in [-0.2, -0.15) is 0 Å². The summed E-state index contributed by atoms with van der Waals surface area (Å²) in [4.78, 5) is 0. The Balaban J connectivity index is 3.80. The largest absolute Gasteiger partial charge is 0.107 e. The molecule has 0 aliphatic rings. The summed E-state index contributed by atoms with van der Waals surface area (Å²) in [5.74, 6) is 0. The Labute approximate surface area is 188 Å². The Kier molecular flexibility index (Phi) is 26.9. The maximum atomic E-state index is 2.32. The van der Waals surface area contributed by atoms with Gasteiger partial charge in [-0.05, 0) is 37.7 Å². The Hall–Kier alpha value is 0.430. The highest BCUT2D eigenvalue weighted by Gasteiger charge is 2.08. The summed E-state index contributed by atoms with van der Waals surface area (Å²) in [6.07, 6.45) is 37.3. The van der Waals surface area contributed by atoms with Crippen molar-refractivity contribution < 1.29 is 0 Å². The lowest BCUT2D eigenvalue weighted by Gasteiger charge is -2.18.